The third-order valence-electron chi connectivity index (χ3n) is 4.41. The second kappa shape index (κ2) is 8.49. The summed E-state index contributed by atoms with van der Waals surface area (Å²) < 4.78 is 14.1. The topological polar surface area (TPSA) is 116 Å². The van der Waals surface area contributed by atoms with Crippen LogP contribution >= 0.6 is 0 Å². The van der Waals surface area contributed by atoms with E-state index in [9.17, 15) is 19.3 Å². The van der Waals surface area contributed by atoms with E-state index in [4.69, 9.17) is 0 Å². The number of hydrogen-bond acceptors (Lipinski definition) is 7. The minimum absolute atomic E-state index is 0.0892. The number of anilines is 1. The zero-order valence-electron chi connectivity index (χ0n) is 16.0. The number of benzene rings is 2. The molecule has 0 spiro atoms. The number of rotatable bonds is 6. The van der Waals surface area contributed by atoms with Crippen molar-refractivity contribution < 1.29 is 14.1 Å². The molecule has 31 heavy (non-hydrogen) atoms. The molecule has 0 atom stereocenters. The Balaban J connectivity index is 1.73. The molecule has 154 valence electrons. The van der Waals surface area contributed by atoms with Gasteiger partial charge in [0.25, 0.3) is 11.6 Å². The molecule has 9 nitrogen and oxygen atoms in total. The molecule has 0 saturated carbocycles. The Hall–Kier alpha value is -4.47. The first-order chi connectivity index (χ1) is 15.0. The molecule has 2 aromatic heterocycles. The van der Waals surface area contributed by atoms with E-state index < -0.39 is 10.8 Å². The Morgan fingerprint density at radius 1 is 1.10 bits per heavy atom. The fourth-order valence-corrected chi connectivity index (χ4v) is 2.90. The zero-order chi connectivity index (χ0) is 21.8. The number of aromatic nitrogens is 4. The molecule has 1 N–H and O–H groups in total. The van der Waals surface area contributed by atoms with Gasteiger partial charge in [-0.25, -0.2) is 4.39 Å². The van der Waals surface area contributed by atoms with E-state index in [1.54, 1.807) is 36.7 Å². The van der Waals surface area contributed by atoms with Crippen molar-refractivity contribution in [1.29, 1.82) is 0 Å². The van der Waals surface area contributed by atoms with Gasteiger partial charge in [0.15, 0.2) is 5.82 Å². The molecule has 0 saturated heterocycles. The normalized spacial score (nSPS) is 10.6. The number of nitrogens with one attached hydrogen (secondary N) is 1. The second-order valence-corrected chi connectivity index (χ2v) is 6.47. The van der Waals surface area contributed by atoms with Crippen LogP contribution in [-0.4, -0.2) is 30.6 Å². The summed E-state index contributed by atoms with van der Waals surface area (Å²) in [7, 11) is 0. The molecule has 2 heterocycles. The fraction of sp³-hybridized carbons (Fsp3) is 0.0476. The Labute approximate surface area is 175 Å². The smallest absolute Gasteiger partial charge is 0.288 e. The second-order valence-electron chi connectivity index (χ2n) is 6.47. The van der Waals surface area contributed by atoms with Gasteiger partial charge in [-0.1, -0.05) is 24.3 Å². The summed E-state index contributed by atoms with van der Waals surface area (Å²) in [6.45, 7) is 0.232. The number of carbonyl (C=O) groups excluding carboxylic acids is 1. The Bertz CT molecular complexity index is 1240. The Morgan fingerprint density at radius 2 is 1.87 bits per heavy atom. The average Bonchev–Trinajstić information content (AvgIpc) is 3.23. The SMILES string of the molecule is O=C(c1ccccc1[N+](=O)[O-])n1nc(-c2cccnc2)nc1NCc1ccc(F)cc1. The van der Waals surface area contributed by atoms with E-state index in [0.717, 1.165) is 10.2 Å². The minimum atomic E-state index is -0.712. The molecule has 0 aliphatic rings. The van der Waals surface area contributed by atoms with Gasteiger partial charge in [-0.15, -0.1) is 5.10 Å². The summed E-state index contributed by atoms with van der Waals surface area (Å²) in [6, 6.07) is 14.9. The number of nitro benzene ring substituents is 1. The van der Waals surface area contributed by atoms with E-state index in [0.29, 0.717) is 5.56 Å². The van der Waals surface area contributed by atoms with Gasteiger partial charge in [0.05, 0.1) is 4.92 Å². The van der Waals surface area contributed by atoms with Gasteiger partial charge >= 0.3 is 0 Å². The van der Waals surface area contributed by atoms with Gasteiger partial charge in [0, 0.05) is 30.6 Å². The number of pyridine rings is 1. The molecule has 0 fully saturated rings. The first-order valence-electron chi connectivity index (χ1n) is 9.17. The molecule has 10 heteroatoms. The van der Waals surface area contributed by atoms with Crippen LogP contribution in [0.3, 0.4) is 0 Å². The van der Waals surface area contributed by atoms with E-state index >= 15 is 0 Å². The average molecular weight is 418 g/mol. The predicted octanol–water partition coefficient (Wildman–Crippen LogP) is 3.69. The van der Waals surface area contributed by atoms with Gasteiger partial charge in [-0.2, -0.15) is 9.67 Å². The van der Waals surface area contributed by atoms with Crippen LogP contribution in [0.1, 0.15) is 15.9 Å². The van der Waals surface area contributed by atoms with Crippen molar-refractivity contribution in [2.75, 3.05) is 5.32 Å². The van der Waals surface area contributed by atoms with Crippen LogP contribution in [-0.2, 0) is 6.54 Å². The standard InChI is InChI=1S/C21H15FN6O3/c22-16-9-7-14(8-10-16)12-24-21-25-19(15-4-3-11-23-13-15)26-27(21)20(29)17-5-1-2-6-18(17)28(30)31/h1-11,13H,12H2,(H,24,25,26). The van der Waals surface area contributed by atoms with E-state index in [2.05, 4.69) is 20.4 Å². The molecule has 4 rings (SSSR count). The summed E-state index contributed by atoms with van der Waals surface area (Å²) >= 11 is 0. The molecule has 0 bridgehead atoms. The van der Waals surface area contributed by atoms with Gasteiger partial charge < -0.3 is 5.32 Å². The maximum absolute atomic E-state index is 13.1. The van der Waals surface area contributed by atoms with Crippen LogP contribution in [0.25, 0.3) is 11.4 Å². The van der Waals surface area contributed by atoms with Crippen molar-refractivity contribution in [3.8, 4) is 11.4 Å². The highest BCUT2D eigenvalue weighted by atomic mass is 19.1. The van der Waals surface area contributed by atoms with Gasteiger partial charge in [-0.3, -0.25) is 19.9 Å². The number of nitro groups is 1. The van der Waals surface area contributed by atoms with E-state index in [-0.39, 0.29) is 35.4 Å². The number of carbonyl (C=O) groups is 1. The highest BCUT2D eigenvalue weighted by Crippen LogP contribution is 2.23. The maximum Gasteiger partial charge on any atom is 0.288 e. The quantitative estimate of drug-likeness (QED) is 0.375. The number of hydrogen-bond donors (Lipinski definition) is 1. The van der Waals surface area contributed by atoms with Crippen LogP contribution in [0.5, 0.6) is 0 Å². The predicted molar refractivity (Wildman–Crippen MR) is 110 cm³/mol. The Kier molecular flexibility index (Phi) is 5.43. The third kappa shape index (κ3) is 4.27. The summed E-state index contributed by atoms with van der Waals surface area (Å²) in [5.41, 5.74) is 0.855. The lowest BCUT2D eigenvalue weighted by Crippen LogP contribution is -2.18. The van der Waals surface area contributed by atoms with Crippen LogP contribution in [0, 0.1) is 15.9 Å². The molecule has 0 aliphatic carbocycles. The monoisotopic (exact) mass is 418 g/mol. The highest BCUT2D eigenvalue weighted by molar-refractivity contribution is 6.00. The van der Waals surface area contributed by atoms with Crippen LogP contribution in [0.15, 0.2) is 73.1 Å². The van der Waals surface area contributed by atoms with Crippen molar-refractivity contribution in [2.24, 2.45) is 0 Å². The molecule has 2 aromatic carbocycles. The Morgan fingerprint density at radius 3 is 2.58 bits per heavy atom. The molecule has 0 radical (unpaired) electrons. The summed E-state index contributed by atoms with van der Waals surface area (Å²) in [5.74, 6) is -0.762. The lowest BCUT2D eigenvalue weighted by Gasteiger charge is -2.07. The van der Waals surface area contributed by atoms with E-state index in [1.807, 2.05) is 0 Å². The lowest BCUT2D eigenvalue weighted by molar-refractivity contribution is -0.385. The summed E-state index contributed by atoms with van der Waals surface area (Å²) in [5, 5.41) is 18.6. The first-order valence-corrected chi connectivity index (χ1v) is 9.17. The van der Waals surface area contributed by atoms with Crippen molar-refractivity contribution in [3.63, 3.8) is 0 Å². The number of halogens is 1. The lowest BCUT2D eigenvalue weighted by atomic mass is 10.1. The van der Waals surface area contributed by atoms with Crippen molar-refractivity contribution in [2.45, 2.75) is 6.54 Å². The van der Waals surface area contributed by atoms with Crippen molar-refractivity contribution in [1.82, 2.24) is 19.7 Å². The van der Waals surface area contributed by atoms with Gasteiger partial charge in [0.1, 0.15) is 11.4 Å². The molecular weight excluding hydrogens is 403 g/mol. The van der Waals surface area contributed by atoms with Crippen molar-refractivity contribution in [3.05, 3.63) is 100 Å². The molecule has 0 unspecified atom stereocenters. The van der Waals surface area contributed by atoms with Crippen molar-refractivity contribution >= 4 is 17.5 Å². The summed E-state index contributed by atoms with van der Waals surface area (Å²) in [4.78, 5) is 32.3. The molecular formula is C21H15FN6O3. The largest absolute Gasteiger partial charge is 0.350 e. The molecule has 4 aromatic rings. The van der Waals surface area contributed by atoms with E-state index in [1.165, 1.54) is 36.4 Å². The first kappa shape index (κ1) is 19.8. The number of nitrogens with zero attached hydrogens (tertiary/aromatic N) is 5. The van der Waals surface area contributed by atoms with Crippen LogP contribution in [0.4, 0.5) is 16.0 Å². The summed E-state index contributed by atoms with van der Waals surface area (Å²) in [6.07, 6.45) is 3.13. The fourth-order valence-electron chi connectivity index (χ4n) is 2.90. The number of para-hydroxylation sites is 1. The molecule has 0 amide bonds. The highest BCUT2D eigenvalue weighted by Gasteiger charge is 2.25. The van der Waals surface area contributed by atoms with Gasteiger partial charge in [0.2, 0.25) is 5.95 Å². The van der Waals surface area contributed by atoms with Crippen LogP contribution < -0.4 is 5.32 Å². The third-order valence-corrected chi connectivity index (χ3v) is 4.41. The van der Waals surface area contributed by atoms with Crippen LogP contribution in [0.2, 0.25) is 0 Å². The maximum atomic E-state index is 13.1. The molecule has 0 aliphatic heterocycles. The zero-order valence-corrected chi connectivity index (χ0v) is 16.0. The minimum Gasteiger partial charge on any atom is -0.350 e. The van der Waals surface area contributed by atoms with Gasteiger partial charge in [-0.05, 0) is 35.9 Å².